The fourth-order valence-electron chi connectivity index (χ4n) is 1.53. The Morgan fingerprint density at radius 3 is 2.48 bits per heavy atom. The van der Waals surface area contributed by atoms with Gasteiger partial charge >= 0.3 is 12.3 Å². The van der Waals surface area contributed by atoms with Gasteiger partial charge in [-0.05, 0) is 6.07 Å². The zero-order valence-electron chi connectivity index (χ0n) is 12.8. The van der Waals surface area contributed by atoms with Gasteiger partial charge in [-0.25, -0.2) is 9.78 Å². The lowest BCUT2D eigenvalue weighted by atomic mass is 9.89. The van der Waals surface area contributed by atoms with Gasteiger partial charge in [0.1, 0.15) is 24.3 Å². The first-order chi connectivity index (χ1) is 10.4. The van der Waals surface area contributed by atoms with Crippen molar-refractivity contribution in [2.45, 2.75) is 33.1 Å². The van der Waals surface area contributed by atoms with Crippen LogP contribution in [0.2, 0.25) is 0 Å². The quantitative estimate of drug-likeness (QED) is 0.914. The van der Waals surface area contributed by atoms with E-state index in [2.05, 4.69) is 9.72 Å². The number of carbonyl (C=O) groups excluding carboxylic acids is 1. The smallest absolute Gasteiger partial charge is 0.417 e. The average molecular weight is 331 g/mol. The molecule has 1 amide bonds. The average Bonchev–Trinajstić information content (AvgIpc) is 2.40. The normalized spacial score (nSPS) is 13.1. The summed E-state index contributed by atoms with van der Waals surface area (Å²) in [5.74, 6) is -0.270. The van der Waals surface area contributed by atoms with Crippen molar-refractivity contribution in [2.75, 3.05) is 6.61 Å². The lowest BCUT2D eigenvalue weighted by Gasteiger charge is -2.30. The third-order valence-electron chi connectivity index (χ3n) is 2.90. The second-order valence-corrected chi connectivity index (χ2v) is 5.79. The highest BCUT2D eigenvalue weighted by Crippen LogP contribution is 2.32. The van der Waals surface area contributed by atoms with E-state index in [4.69, 9.17) is 15.7 Å². The molecule has 0 spiro atoms. The van der Waals surface area contributed by atoms with Crippen LogP contribution in [-0.4, -0.2) is 23.8 Å². The van der Waals surface area contributed by atoms with Crippen molar-refractivity contribution in [3.8, 4) is 11.9 Å². The number of hydrogen-bond donors (Lipinski definition) is 1. The van der Waals surface area contributed by atoms with Crippen LogP contribution in [0, 0.1) is 16.7 Å². The van der Waals surface area contributed by atoms with E-state index >= 15 is 0 Å². The molecule has 6 nitrogen and oxygen atoms in total. The number of carbonyl (C=O) groups is 1. The molecule has 0 saturated heterocycles. The summed E-state index contributed by atoms with van der Waals surface area (Å²) in [5.41, 5.74) is 2.92. The number of aromatic nitrogens is 1. The molecule has 1 rings (SSSR count). The molecule has 23 heavy (non-hydrogen) atoms. The van der Waals surface area contributed by atoms with Crippen LogP contribution in [0.5, 0.6) is 5.88 Å². The van der Waals surface area contributed by atoms with Gasteiger partial charge in [-0.2, -0.15) is 18.4 Å². The van der Waals surface area contributed by atoms with Crippen LogP contribution in [0.1, 0.15) is 31.9 Å². The monoisotopic (exact) mass is 331 g/mol. The SMILES string of the molecule is CC(C)(C)C(COC(N)=O)Oc1ncc(C(F)(F)F)cc1C#N. The van der Waals surface area contributed by atoms with Gasteiger partial charge in [-0.15, -0.1) is 0 Å². The van der Waals surface area contributed by atoms with Gasteiger partial charge in [0.25, 0.3) is 0 Å². The summed E-state index contributed by atoms with van der Waals surface area (Å²) in [7, 11) is 0. The van der Waals surface area contributed by atoms with Gasteiger partial charge < -0.3 is 15.2 Å². The molecule has 1 unspecified atom stereocenters. The number of rotatable bonds is 4. The van der Waals surface area contributed by atoms with Crippen molar-refractivity contribution >= 4 is 6.09 Å². The molecule has 126 valence electrons. The second kappa shape index (κ2) is 6.73. The molecule has 0 aliphatic carbocycles. The van der Waals surface area contributed by atoms with E-state index < -0.39 is 29.4 Å². The first kappa shape index (κ1) is 18.5. The molecule has 0 aliphatic rings. The van der Waals surface area contributed by atoms with Crippen LogP contribution in [0.25, 0.3) is 0 Å². The molecule has 1 heterocycles. The summed E-state index contributed by atoms with van der Waals surface area (Å²) in [4.78, 5) is 14.3. The third-order valence-corrected chi connectivity index (χ3v) is 2.90. The molecular weight excluding hydrogens is 315 g/mol. The predicted molar refractivity (Wildman–Crippen MR) is 73.4 cm³/mol. The number of pyridine rings is 1. The Bertz CT molecular complexity index is 618. The van der Waals surface area contributed by atoms with E-state index in [0.29, 0.717) is 12.3 Å². The second-order valence-electron chi connectivity index (χ2n) is 5.79. The Labute approximate surface area is 131 Å². The zero-order valence-corrected chi connectivity index (χ0v) is 12.8. The Morgan fingerprint density at radius 2 is 2.04 bits per heavy atom. The Hall–Kier alpha value is -2.50. The molecule has 0 aliphatic heterocycles. The topological polar surface area (TPSA) is 98.2 Å². The largest absolute Gasteiger partial charge is 0.469 e. The molecule has 0 saturated carbocycles. The number of primary amides is 1. The van der Waals surface area contributed by atoms with Gasteiger partial charge in [0.2, 0.25) is 5.88 Å². The molecule has 2 N–H and O–H groups in total. The number of amides is 1. The molecule has 0 aromatic carbocycles. The van der Waals surface area contributed by atoms with Crippen LogP contribution in [0.3, 0.4) is 0 Å². The first-order valence-electron chi connectivity index (χ1n) is 6.51. The minimum absolute atomic E-state index is 0.230. The fourth-order valence-corrected chi connectivity index (χ4v) is 1.53. The summed E-state index contributed by atoms with van der Waals surface area (Å²) in [5, 5.41) is 9.00. The van der Waals surface area contributed by atoms with Gasteiger partial charge in [0, 0.05) is 11.6 Å². The molecule has 1 atom stereocenters. The maximum Gasteiger partial charge on any atom is 0.417 e. The van der Waals surface area contributed by atoms with E-state index in [9.17, 15) is 18.0 Å². The first-order valence-corrected chi connectivity index (χ1v) is 6.51. The summed E-state index contributed by atoms with van der Waals surface area (Å²) >= 11 is 0. The highest BCUT2D eigenvalue weighted by atomic mass is 19.4. The third kappa shape index (κ3) is 5.32. The maximum absolute atomic E-state index is 12.6. The Balaban J connectivity index is 3.09. The number of nitrogens with zero attached hydrogens (tertiary/aromatic N) is 2. The molecule has 0 fully saturated rings. The van der Waals surface area contributed by atoms with Crippen LogP contribution in [-0.2, 0) is 10.9 Å². The van der Waals surface area contributed by atoms with E-state index in [-0.39, 0.29) is 18.1 Å². The number of halogens is 3. The van der Waals surface area contributed by atoms with E-state index in [1.807, 2.05) is 0 Å². The van der Waals surface area contributed by atoms with Crippen molar-refractivity contribution in [3.05, 3.63) is 23.4 Å². The number of hydrogen-bond acceptors (Lipinski definition) is 5. The maximum atomic E-state index is 12.6. The highest BCUT2D eigenvalue weighted by Gasteiger charge is 2.33. The van der Waals surface area contributed by atoms with Crippen molar-refractivity contribution < 1.29 is 27.4 Å². The van der Waals surface area contributed by atoms with E-state index in [1.165, 1.54) is 0 Å². The molecule has 0 bridgehead atoms. The molecular formula is C14H16F3N3O3. The van der Waals surface area contributed by atoms with Crippen LogP contribution < -0.4 is 10.5 Å². The van der Waals surface area contributed by atoms with Gasteiger partial charge in [-0.1, -0.05) is 20.8 Å². The minimum atomic E-state index is -4.62. The Kier molecular flexibility index (Phi) is 5.42. The van der Waals surface area contributed by atoms with Crippen molar-refractivity contribution in [1.82, 2.24) is 4.98 Å². The van der Waals surface area contributed by atoms with Crippen LogP contribution >= 0.6 is 0 Å². The summed E-state index contributed by atoms with van der Waals surface area (Å²) in [6, 6.07) is 2.26. The summed E-state index contributed by atoms with van der Waals surface area (Å²) < 4.78 is 48.1. The van der Waals surface area contributed by atoms with Crippen molar-refractivity contribution in [3.63, 3.8) is 0 Å². The van der Waals surface area contributed by atoms with Crippen molar-refractivity contribution in [1.29, 1.82) is 5.26 Å². The van der Waals surface area contributed by atoms with Gasteiger partial charge in [0.15, 0.2) is 0 Å². The van der Waals surface area contributed by atoms with E-state index in [1.54, 1.807) is 26.8 Å². The number of nitrogens with two attached hydrogens (primary N) is 1. The number of ether oxygens (including phenoxy) is 2. The van der Waals surface area contributed by atoms with Gasteiger partial charge in [-0.3, -0.25) is 0 Å². The lowest BCUT2D eigenvalue weighted by Crippen LogP contribution is -2.38. The molecule has 9 heteroatoms. The molecule has 0 radical (unpaired) electrons. The predicted octanol–water partition coefficient (Wildman–Crippen LogP) is 2.86. The van der Waals surface area contributed by atoms with Crippen LogP contribution in [0.4, 0.5) is 18.0 Å². The molecule has 1 aromatic rings. The molecule has 1 aromatic heterocycles. The summed E-state index contributed by atoms with van der Waals surface area (Å²) in [6.07, 6.45) is -5.81. The number of nitriles is 1. The standard InChI is InChI=1S/C14H16F3N3O3/c1-13(2,3)10(7-22-12(19)21)23-11-8(5-18)4-9(6-20-11)14(15,16)17/h4,6,10H,7H2,1-3H3,(H2,19,21). The van der Waals surface area contributed by atoms with Crippen molar-refractivity contribution in [2.24, 2.45) is 11.1 Å². The fraction of sp³-hybridized carbons (Fsp3) is 0.500. The van der Waals surface area contributed by atoms with Gasteiger partial charge in [0.05, 0.1) is 5.56 Å². The summed E-state index contributed by atoms with van der Waals surface area (Å²) in [6.45, 7) is 5.06. The minimum Gasteiger partial charge on any atom is -0.469 e. The lowest BCUT2D eigenvalue weighted by molar-refractivity contribution is -0.137. The van der Waals surface area contributed by atoms with Crippen LogP contribution in [0.15, 0.2) is 12.3 Å². The Morgan fingerprint density at radius 1 is 1.43 bits per heavy atom. The highest BCUT2D eigenvalue weighted by molar-refractivity contribution is 5.64. The van der Waals surface area contributed by atoms with E-state index in [0.717, 1.165) is 0 Å². The zero-order chi connectivity index (χ0) is 17.8. The number of alkyl halides is 3.